The molecule has 0 amide bonds. The molecule has 0 bridgehead atoms. The van der Waals surface area contributed by atoms with E-state index in [9.17, 15) is 5.11 Å². The first-order chi connectivity index (χ1) is 11.3. The summed E-state index contributed by atoms with van der Waals surface area (Å²) in [4.78, 5) is 0. The Labute approximate surface area is 144 Å². The summed E-state index contributed by atoms with van der Waals surface area (Å²) in [6.07, 6.45) is 4.06. The van der Waals surface area contributed by atoms with Gasteiger partial charge in [0, 0.05) is 0 Å². The Balaban J connectivity index is 1.71. The van der Waals surface area contributed by atoms with E-state index in [-0.39, 0.29) is 24.1 Å². The highest BCUT2D eigenvalue weighted by Gasteiger charge is 2.51. The van der Waals surface area contributed by atoms with E-state index in [2.05, 4.69) is 39.8 Å². The van der Waals surface area contributed by atoms with Crippen molar-refractivity contribution < 1.29 is 14.4 Å². The van der Waals surface area contributed by atoms with Gasteiger partial charge in [-0.1, -0.05) is 48.6 Å². The summed E-state index contributed by atoms with van der Waals surface area (Å²) in [7, 11) is -0.329. The SMILES string of the molecule is CC1(C)OB(c2ccc(/C=C/c3ccc(O)cc3)cc2)OC1(C)C. The van der Waals surface area contributed by atoms with Crippen LogP contribution >= 0.6 is 0 Å². The van der Waals surface area contributed by atoms with Crippen LogP contribution in [0.1, 0.15) is 38.8 Å². The lowest BCUT2D eigenvalue weighted by atomic mass is 9.79. The molecule has 2 aromatic carbocycles. The van der Waals surface area contributed by atoms with Crippen molar-refractivity contribution in [2.24, 2.45) is 0 Å². The average Bonchev–Trinajstić information content (AvgIpc) is 2.75. The predicted molar refractivity (Wildman–Crippen MR) is 99.2 cm³/mol. The van der Waals surface area contributed by atoms with E-state index in [0.717, 1.165) is 16.6 Å². The number of benzene rings is 2. The van der Waals surface area contributed by atoms with Crippen molar-refractivity contribution >= 4 is 24.7 Å². The van der Waals surface area contributed by atoms with Gasteiger partial charge in [0.05, 0.1) is 11.2 Å². The predicted octanol–water partition coefficient (Wildman–Crippen LogP) is 3.86. The summed E-state index contributed by atoms with van der Waals surface area (Å²) >= 11 is 0. The lowest BCUT2D eigenvalue weighted by Crippen LogP contribution is -2.41. The van der Waals surface area contributed by atoms with Crippen LogP contribution in [0.15, 0.2) is 48.5 Å². The minimum atomic E-state index is -0.329. The van der Waals surface area contributed by atoms with Gasteiger partial charge < -0.3 is 14.4 Å². The van der Waals surface area contributed by atoms with E-state index in [4.69, 9.17) is 9.31 Å². The number of phenols is 1. The number of hydrogen-bond donors (Lipinski definition) is 1. The number of rotatable bonds is 3. The smallest absolute Gasteiger partial charge is 0.494 e. The molecule has 0 spiro atoms. The molecule has 1 fully saturated rings. The van der Waals surface area contributed by atoms with Crippen molar-refractivity contribution in [2.45, 2.75) is 38.9 Å². The van der Waals surface area contributed by atoms with Crippen LogP contribution in [0.4, 0.5) is 0 Å². The largest absolute Gasteiger partial charge is 0.508 e. The van der Waals surface area contributed by atoms with Crippen molar-refractivity contribution in [1.82, 2.24) is 0 Å². The van der Waals surface area contributed by atoms with Gasteiger partial charge in [0.2, 0.25) is 0 Å². The molecule has 1 aliphatic heterocycles. The molecule has 2 aromatic rings. The molecule has 24 heavy (non-hydrogen) atoms. The fourth-order valence-electron chi connectivity index (χ4n) is 2.52. The van der Waals surface area contributed by atoms with Gasteiger partial charge in [-0.25, -0.2) is 0 Å². The van der Waals surface area contributed by atoms with Crippen LogP contribution in [0.3, 0.4) is 0 Å². The summed E-state index contributed by atoms with van der Waals surface area (Å²) < 4.78 is 12.1. The van der Waals surface area contributed by atoms with Crippen LogP contribution in [0, 0.1) is 0 Å². The summed E-state index contributed by atoms with van der Waals surface area (Å²) in [5.74, 6) is 0.277. The van der Waals surface area contributed by atoms with Crippen molar-refractivity contribution in [3.05, 3.63) is 59.7 Å². The Morgan fingerprint density at radius 3 is 1.62 bits per heavy atom. The van der Waals surface area contributed by atoms with E-state index in [0.29, 0.717) is 0 Å². The van der Waals surface area contributed by atoms with Crippen LogP contribution in [-0.2, 0) is 9.31 Å². The maximum atomic E-state index is 9.30. The van der Waals surface area contributed by atoms with Crippen molar-refractivity contribution in [3.63, 3.8) is 0 Å². The van der Waals surface area contributed by atoms with Crippen molar-refractivity contribution in [1.29, 1.82) is 0 Å². The van der Waals surface area contributed by atoms with Crippen LogP contribution in [-0.4, -0.2) is 23.4 Å². The molecular formula is C20H23BO3. The highest BCUT2D eigenvalue weighted by atomic mass is 16.7. The first kappa shape index (κ1) is 16.8. The van der Waals surface area contributed by atoms with Crippen LogP contribution < -0.4 is 5.46 Å². The normalized spacial score (nSPS) is 19.1. The van der Waals surface area contributed by atoms with E-state index in [1.54, 1.807) is 12.1 Å². The second-order valence-corrected chi connectivity index (χ2v) is 7.18. The molecule has 1 N–H and O–H groups in total. The quantitative estimate of drug-likeness (QED) is 0.689. The minimum absolute atomic E-state index is 0.277. The molecule has 1 aliphatic rings. The zero-order valence-electron chi connectivity index (χ0n) is 14.6. The fraction of sp³-hybridized carbons (Fsp3) is 0.300. The Kier molecular flexibility index (Phi) is 4.28. The zero-order chi connectivity index (χ0) is 17.4. The molecule has 3 nitrogen and oxygen atoms in total. The zero-order valence-corrected chi connectivity index (χ0v) is 14.6. The topological polar surface area (TPSA) is 38.7 Å². The monoisotopic (exact) mass is 322 g/mol. The van der Waals surface area contributed by atoms with Gasteiger partial charge >= 0.3 is 7.12 Å². The Bertz CT molecular complexity index is 714. The third-order valence-electron chi connectivity index (χ3n) is 4.82. The second-order valence-electron chi connectivity index (χ2n) is 7.18. The van der Waals surface area contributed by atoms with Gasteiger partial charge in [-0.05, 0) is 56.4 Å². The molecule has 1 saturated heterocycles. The molecule has 1 heterocycles. The summed E-state index contributed by atoms with van der Waals surface area (Å²) in [6.45, 7) is 8.23. The highest BCUT2D eigenvalue weighted by Crippen LogP contribution is 2.36. The van der Waals surface area contributed by atoms with Gasteiger partial charge in [0.15, 0.2) is 0 Å². The van der Waals surface area contributed by atoms with Gasteiger partial charge in [0.25, 0.3) is 0 Å². The Morgan fingerprint density at radius 2 is 1.17 bits per heavy atom. The van der Waals surface area contributed by atoms with Gasteiger partial charge in [0.1, 0.15) is 5.75 Å². The lowest BCUT2D eigenvalue weighted by molar-refractivity contribution is 0.00578. The molecule has 0 unspecified atom stereocenters. The molecule has 0 aromatic heterocycles. The maximum Gasteiger partial charge on any atom is 0.494 e. The van der Waals surface area contributed by atoms with Gasteiger partial charge in [-0.3, -0.25) is 0 Å². The Hall–Kier alpha value is -2.04. The molecular weight excluding hydrogens is 299 g/mol. The molecule has 0 atom stereocenters. The minimum Gasteiger partial charge on any atom is -0.508 e. The summed E-state index contributed by atoms with van der Waals surface area (Å²) in [6, 6.07) is 15.3. The molecule has 0 aliphatic carbocycles. The number of phenolic OH excluding ortho intramolecular Hbond substituents is 1. The molecule has 3 rings (SSSR count). The highest BCUT2D eigenvalue weighted by molar-refractivity contribution is 6.62. The maximum absolute atomic E-state index is 9.30. The van der Waals surface area contributed by atoms with E-state index in [1.165, 1.54) is 0 Å². The Morgan fingerprint density at radius 1 is 0.750 bits per heavy atom. The third-order valence-corrected chi connectivity index (χ3v) is 4.82. The third kappa shape index (κ3) is 3.40. The second kappa shape index (κ2) is 6.12. The van der Waals surface area contributed by atoms with E-state index >= 15 is 0 Å². The van der Waals surface area contributed by atoms with E-state index in [1.807, 2.05) is 36.4 Å². The van der Waals surface area contributed by atoms with Crippen molar-refractivity contribution in [2.75, 3.05) is 0 Å². The molecule has 0 radical (unpaired) electrons. The molecule has 124 valence electrons. The first-order valence-electron chi connectivity index (χ1n) is 8.20. The first-order valence-corrected chi connectivity index (χ1v) is 8.20. The van der Waals surface area contributed by atoms with Gasteiger partial charge in [-0.2, -0.15) is 0 Å². The van der Waals surface area contributed by atoms with Crippen LogP contribution in [0.5, 0.6) is 5.75 Å². The lowest BCUT2D eigenvalue weighted by Gasteiger charge is -2.32. The molecule has 0 saturated carbocycles. The number of hydrogen-bond acceptors (Lipinski definition) is 3. The summed E-state index contributed by atoms with van der Waals surface area (Å²) in [5, 5.41) is 9.30. The average molecular weight is 322 g/mol. The van der Waals surface area contributed by atoms with Crippen molar-refractivity contribution in [3.8, 4) is 5.75 Å². The van der Waals surface area contributed by atoms with Gasteiger partial charge in [-0.15, -0.1) is 0 Å². The standard InChI is InChI=1S/C20H23BO3/c1-19(2)20(3,4)24-21(23-19)17-11-7-15(8-12-17)5-6-16-9-13-18(22)14-10-16/h5-14,22H,1-4H3/b6-5+. The molecule has 4 heteroatoms. The fourth-order valence-corrected chi connectivity index (χ4v) is 2.52. The van der Waals surface area contributed by atoms with E-state index < -0.39 is 0 Å². The summed E-state index contributed by atoms with van der Waals surface area (Å²) in [5.41, 5.74) is 2.52. The van der Waals surface area contributed by atoms with Crippen LogP contribution in [0.25, 0.3) is 12.2 Å². The van der Waals surface area contributed by atoms with Crippen LogP contribution in [0.2, 0.25) is 0 Å². The number of aromatic hydroxyl groups is 1.